The summed E-state index contributed by atoms with van der Waals surface area (Å²) in [6, 6.07) is 2.93. The maximum atomic E-state index is 12.0. The summed E-state index contributed by atoms with van der Waals surface area (Å²) < 4.78 is 10.4. The Bertz CT molecular complexity index is 681. The van der Waals surface area contributed by atoms with Crippen molar-refractivity contribution in [3.8, 4) is 0 Å². The SMILES string of the molecule is O=C(NCc1ccco1)NNC(=O)c1csc(N2CCOCC2)n1. The molecule has 0 radical (unpaired) electrons. The van der Waals surface area contributed by atoms with Crippen LogP contribution in [0.3, 0.4) is 0 Å². The number of carbonyl (C=O) groups is 2. The molecule has 1 aliphatic rings. The Morgan fingerprint density at radius 2 is 2.12 bits per heavy atom. The van der Waals surface area contributed by atoms with E-state index < -0.39 is 11.9 Å². The van der Waals surface area contributed by atoms with Gasteiger partial charge < -0.3 is 19.4 Å². The fourth-order valence-corrected chi connectivity index (χ4v) is 2.93. The molecule has 10 heteroatoms. The van der Waals surface area contributed by atoms with E-state index in [0.29, 0.717) is 19.0 Å². The molecule has 1 fully saturated rings. The zero-order valence-corrected chi connectivity index (χ0v) is 13.6. The number of anilines is 1. The largest absolute Gasteiger partial charge is 0.467 e. The average molecular weight is 351 g/mol. The molecule has 3 heterocycles. The molecule has 0 aromatic carbocycles. The highest BCUT2D eigenvalue weighted by Gasteiger charge is 2.17. The number of urea groups is 1. The van der Waals surface area contributed by atoms with Gasteiger partial charge in [-0.15, -0.1) is 11.3 Å². The fourth-order valence-electron chi connectivity index (χ4n) is 2.07. The van der Waals surface area contributed by atoms with Crippen LogP contribution >= 0.6 is 11.3 Å². The van der Waals surface area contributed by atoms with Crippen LogP contribution < -0.4 is 21.1 Å². The average Bonchev–Trinajstić information content (AvgIpc) is 3.30. The van der Waals surface area contributed by atoms with E-state index in [-0.39, 0.29) is 12.2 Å². The molecule has 3 amide bonds. The molecule has 2 aromatic rings. The first-order valence-corrected chi connectivity index (χ1v) is 8.25. The summed E-state index contributed by atoms with van der Waals surface area (Å²) >= 11 is 1.38. The van der Waals surface area contributed by atoms with Gasteiger partial charge >= 0.3 is 6.03 Å². The number of amides is 3. The van der Waals surface area contributed by atoms with Gasteiger partial charge in [-0.25, -0.2) is 15.2 Å². The Hall–Kier alpha value is -2.59. The molecular weight excluding hydrogens is 334 g/mol. The van der Waals surface area contributed by atoms with Gasteiger partial charge in [-0.1, -0.05) is 0 Å². The summed E-state index contributed by atoms with van der Waals surface area (Å²) in [5, 5.41) is 4.97. The predicted molar refractivity (Wildman–Crippen MR) is 86.7 cm³/mol. The van der Waals surface area contributed by atoms with Crippen molar-refractivity contribution in [3.63, 3.8) is 0 Å². The van der Waals surface area contributed by atoms with Gasteiger partial charge in [0.05, 0.1) is 26.0 Å². The van der Waals surface area contributed by atoms with E-state index in [2.05, 4.69) is 26.1 Å². The molecule has 0 saturated carbocycles. The number of nitrogens with one attached hydrogen (secondary N) is 3. The van der Waals surface area contributed by atoms with Crippen LogP contribution in [0.5, 0.6) is 0 Å². The van der Waals surface area contributed by atoms with Gasteiger partial charge in [0.1, 0.15) is 11.5 Å². The molecule has 2 aromatic heterocycles. The smallest absolute Gasteiger partial charge is 0.333 e. The van der Waals surface area contributed by atoms with Crippen molar-refractivity contribution in [3.05, 3.63) is 35.2 Å². The lowest BCUT2D eigenvalue weighted by atomic mass is 10.4. The number of nitrogens with zero attached hydrogens (tertiary/aromatic N) is 2. The van der Waals surface area contributed by atoms with Crippen LogP contribution in [-0.2, 0) is 11.3 Å². The minimum absolute atomic E-state index is 0.229. The maximum absolute atomic E-state index is 12.0. The van der Waals surface area contributed by atoms with E-state index in [1.807, 2.05) is 0 Å². The molecule has 1 saturated heterocycles. The van der Waals surface area contributed by atoms with Crippen LogP contribution in [0.4, 0.5) is 9.93 Å². The van der Waals surface area contributed by atoms with E-state index in [4.69, 9.17) is 9.15 Å². The van der Waals surface area contributed by atoms with Crippen LogP contribution in [0.15, 0.2) is 28.2 Å². The van der Waals surface area contributed by atoms with E-state index in [1.54, 1.807) is 17.5 Å². The summed E-state index contributed by atoms with van der Waals surface area (Å²) in [4.78, 5) is 30.0. The number of morpholine rings is 1. The maximum Gasteiger partial charge on any atom is 0.333 e. The van der Waals surface area contributed by atoms with Crippen molar-refractivity contribution in [2.75, 3.05) is 31.2 Å². The van der Waals surface area contributed by atoms with Crippen molar-refractivity contribution in [2.24, 2.45) is 0 Å². The molecule has 24 heavy (non-hydrogen) atoms. The fraction of sp³-hybridized carbons (Fsp3) is 0.357. The van der Waals surface area contributed by atoms with Gasteiger partial charge in [-0.05, 0) is 12.1 Å². The van der Waals surface area contributed by atoms with Crippen LogP contribution in [0.1, 0.15) is 16.2 Å². The number of hydrazine groups is 1. The van der Waals surface area contributed by atoms with Gasteiger partial charge in [-0.2, -0.15) is 0 Å². The molecule has 0 aliphatic carbocycles. The lowest BCUT2D eigenvalue weighted by Crippen LogP contribution is -2.46. The summed E-state index contributed by atoms with van der Waals surface area (Å²) in [6.07, 6.45) is 1.52. The van der Waals surface area contributed by atoms with Crippen molar-refractivity contribution in [1.82, 2.24) is 21.2 Å². The Morgan fingerprint density at radius 1 is 1.29 bits per heavy atom. The van der Waals surface area contributed by atoms with Crippen molar-refractivity contribution in [2.45, 2.75) is 6.54 Å². The lowest BCUT2D eigenvalue weighted by Gasteiger charge is -2.25. The summed E-state index contributed by atoms with van der Waals surface area (Å²) in [5.41, 5.74) is 4.84. The predicted octanol–water partition coefficient (Wildman–Crippen LogP) is 0.717. The van der Waals surface area contributed by atoms with Gasteiger partial charge in [0.2, 0.25) is 0 Å². The normalized spacial score (nSPS) is 14.2. The molecule has 0 bridgehead atoms. The Balaban J connectivity index is 1.44. The topological polar surface area (TPSA) is 109 Å². The monoisotopic (exact) mass is 351 g/mol. The van der Waals surface area contributed by atoms with Gasteiger partial charge in [0, 0.05) is 18.5 Å². The summed E-state index contributed by atoms with van der Waals surface area (Å²) in [6.45, 7) is 3.04. The Labute approximate surface area is 142 Å². The molecule has 0 atom stereocenters. The Kier molecular flexibility index (Phi) is 5.29. The minimum Gasteiger partial charge on any atom is -0.467 e. The van der Waals surface area contributed by atoms with Crippen LogP contribution in [-0.4, -0.2) is 43.2 Å². The van der Waals surface area contributed by atoms with Gasteiger partial charge in [-0.3, -0.25) is 10.2 Å². The van der Waals surface area contributed by atoms with E-state index in [9.17, 15) is 9.59 Å². The second-order valence-corrected chi connectivity index (χ2v) is 5.79. The second-order valence-electron chi connectivity index (χ2n) is 4.96. The molecule has 1 aliphatic heterocycles. The van der Waals surface area contributed by atoms with Crippen molar-refractivity contribution < 1.29 is 18.7 Å². The van der Waals surface area contributed by atoms with E-state index >= 15 is 0 Å². The number of hydrogen-bond acceptors (Lipinski definition) is 7. The number of carbonyl (C=O) groups excluding carboxylic acids is 2. The summed E-state index contributed by atoms with van der Waals surface area (Å²) in [7, 11) is 0. The van der Waals surface area contributed by atoms with Gasteiger partial charge in [0.25, 0.3) is 5.91 Å². The number of furan rings is 1. The highest BCUT2D eigenvalue weighted by atomic mass is 32.1. The van der Waals surface area contributed by atoms with E-state index in [1.165, 1.54) is 17.6 Å². The third-order valence-corrected chi connectivity index (χ3v) is 4.20. The van der Waals surface area contributed by atoms with Crippen LogP contribution in [0, 0.1) is 0 Å². The zero-order chi connectivity index (χ0) is 16.8. The number of rotatable bonds is 4. The molecule has 3 N–H and O–H groups in total. The second kappa shape index (κ2) is 7.79. The van der Waals surface area contributed by atoms with Gasteiger partial charge in [0.15, 0.2) is 5.13 Å². The first-order chi connectivity index (χ1) is 11.7. The number of thiazole rings is 1. The number of aromatic nitrogens is 1. The third-order valence-electron chi connectivity index (χ3n) is 3.30. The third kappa shape index (κ3) is 4.24. The molecule has 3 rings (SSSR count). The van der Waals surface area contributed by atoms with Crippen molar-refractivity contribution >= 4 is 28.4 Å². The van der Waals surface area contributed by atoms with Crippen LogP contribution in [0.2, 0.25) is 0 Å². The highest BCUT2D eigenvalue weighted by molar-refractivity contribution is 7.13. The van der Waals surface area contributed by atoms with Crippen molar-refractivity contribution in [1.29, 1.82) is 0 Å². The molecule has 0 spiro atoms. The molecule has 128 valence electrons. The number of ether oxygens (including phenoxy) is 1. The van der Waals surface area contributed by atoms with Crippen LogP contribution in [0.25, 0.3) is 0 Å². The van der Waals surface area contributed by atoms with E-state index in [0.717, 1.165) is 18.2 Å². The minimum atomic E-state index is -0.539. The summed E-state index contributed by atoms with van der Waals surface area (Å²) in [5.74, 6) is 0.144. The zero-order valence-electron chi connectivity index (χ0n) is 12.8. The lowest BCUT2D eigenvalue weighted by molar-refractivity contribution is 0.0932. The Morgan fingerprint density at radius 3 is 2.88 bits per heavy atom. The first kappa shape index (κ1) is 16.3. The molecule has 9 nitrogen and oxygen atoms in total. The number of hydrogen-bond donors (Lipinski definition) is 3. The molecular formula is C14H17N5O4S. The quantitative estimate of drug-likeness (QED) is 0.700. The molecule has 0 unspecified atom stereocenters. The first-order valence-electron chi connectivity index (χ1n) is 7.37. The standard InChI is InChI=1S/C14H17N5O4S/c20-12(17-18-13(21)15-8-10-2-1-5-23-10)11-9-24-14(16-11)19-3-6-22-7-4-19/h1-2,5,9H,3-4,6-8H2,(H,17,20)(H2,15,18,21). The highest BCUT2D eigenvalue weighted by Crippen LogP contribution is 2.21.